The highest BCUT2D eigenvalue weighted by molar-refractivity contribution is 5.44. The first-order valence-corrected chi connectivity index (χ1v) is 9.79. The van der Waals surface area contributed by atoms with Crippen molar-refractivity contribution >= 4 is 5.69 Å². The third-order valence-corrected chi connectivity index (χ3v) is 5.45. The number of imidazole rings is 1. The molecular formula is C21H32N4. The van der Waals surface area contributed by atoms with Crippen molar-refractivity contribution in [1.29, 1.82) is 0 Å². The minimum Gasteiger partial charge on any atom is -0.370 e. The average Bonchev–Trinajstić information content (AvgIpc) is 3.08. The van der Waals surface area contributed by atoms with Crippen LogP contribution in [0.5, 0.6) is 0 Å². The van der Waals surface area contributed by atoms with Gasteiger partial charge in [0.05, 0.1) is 17.6 Å². The van der Waals surface area contributed by atoms with Gasteiger partial charge in [0, 0.05) is 31.4 Å². The molecule has 2 aromatic heterocycles. The maximum absolute atomic E-state index is 4.76. The number of anilines is 1. The molecule has 0 bridgehead atoms. The van der Waals surface area contributed by atoms with Crippen molar-refractivity contribution in [2.45, 2.75) is 65.7 Å². The van der Waals surface area contributed by atoms with Gasteiger partial charge in [0.2, 0.25) is 0 Å². The van der Waals surface area contributed by atoms with E-state index in [4.69, 9.17) is 4.98 Å². The van der Waals surface area contributed by atoms with Crippen molar-refractivity contribution in [3.8, 4) is 0 Å². The molecule has 0 aliphatic carbocycles. The number of nitrogens with one attached hydrogen (secondary N) is 1. The van der Waals surface area contributed by atoms with Gasteiger partial charge in [-0.3, -0.25) is 4.98 Å². The molecule has 2 aromatic rings. The molecule has 0 spiro atoms. The van der Waals surface area contributed by atoms with Crippen molar-refractivity contribution in [2.75, 3.05) is 18.0 Å². The van der Waals surface area contributed by atoms with Gasteiger partial charge in [-0.15, -0.1) is 0 Å². The quantitative estimate of drug-likeness (QED) is 0.803. The van der Waals surface area contributed by atoms with Crippen molar-refractivity contribution in [2.24, 2.45) is 5.41 Å². The Morgan fingerprint density at radius 2 is 1.88 bits per heavy atom. The van der Waals surface area contributed by atoms with Crippen LogP contribution in [0.4, 0.5) is 5.69 Å². The average molecular weight is 341 g/mol. The van der Waals surface area contributed by atoms with Crippen LogP contribution in [0.15, 0.2) is 24.5 Å². The van der Waals surface area contributed by atoms with Gasteiger partial charge in [-0.25, -0.2) is 4.98 Å². The van der Waals surface area contributed by atoms with Gasteiger partial charge in [-0.05, 0) is 49.7 Å². The standard InChI is InChI=1S/C21H32N4/c1-4-21(2,3)14-18-15-23-20(24-18)11-9-17-8-10-19(16-22-17)25-12-6-5-7-13-25/h8,10,15-16H,4-7,9,11-14H2,1-3H3,(H,23,24). The van der Waals surface area contributed by atoms with Gasteiger partial charge >= 0.3 is 0 Å². The highest BCUT2D eigenvalue weighted by Gasteiger charge is 2.17. The van der Waals surface area contributed by atoms with Crippen LogP contribution in [0.1, 0.15) is 63.7 Å². The fourth-order valence-electron chi connectivity index (χ4n) is 3.39. The summed E-state index contributed by atoms with van der Waals surface area (Å²) in [6.45, 7) is 9.19. The van der Waals surface area contributed by atoms with E-state index in [0.29, 0.717) is 5.41 Å². The Kier molecular flexibility index (Phi) is 5.77. The molecule has 4 nitrogen and oxygen atoms in total. The molecule has 0 radical (unpaired) electrons. The van der Waals surface area contributed by atoms with Crippen molar-refractivity contribution in [3.05, 3.63) is 41.7 Å². The Labute approximate surface area is 152 Å². The number of pyridine rings is 1. The Bertz CT molecular complexity index is 651. The van der Waals surface area contributed by atoms with Gasteiger partial charge in [-0.1, -0.05) is 27.2 Å². The third kappa shape index (κ3) is 5.07. The first-order valence-electron chi connectivity index (χ1n) is 9.79. The first-order chi connectivity index (χ1) is 12.1. The van der Waals surface area contributed by atoms with E-state index < -0.39 is 0 Å². The molecule has 1 aliphatic rings. The van der Waals surface area contributed by atoms with E-state index in [1.165, 1.54) is 50.2 Å². The van der Waals surface area contributed by atoms with E-state index in [1.54, 1.807) is 0 Å². The third-order valence-electron chi connectivity index (χ3n) is 5.45. The number of hydrogen-bond acceptors (Lipinski definition) is 3. The molecule has 0 unspecified atom stereocenters. The zero-order valence-electron chi connectivity index (χ0n) is 16.0. The van der Waals surface area contributed by atoms with Gasteiger partial charge in [0.25, 0.3) is 0 Å². The summed E-state index contributed by atoms with van der Waals surface area (Å²) in [5, 5.41) is 0. The zero-order chi connectivity index (χ0) is 17.7. The molecule has 1 N–H and O–H groups in total. The van der Waals surface area contributed by atoms with Crippen LogP contribution in [-0.2, 0) is 19.3 Å². The number of nitrogens with zero attached hydrogens (tertiary/aromatic N) is 3. The molecule has 1 aliphatic heterocycles. The van der Waals surface area contributed by atoms with Crippen LogP contribution >= 0.6 is 0 Å². The smallest absolute Gasteiger partial charge is 0.106 e. The van der Waals surface area contributed by atoms with Crippen LogP contribution in [0.3, 0.4) is 0 Å². The number of piperidine rings is 1. The molecule has 0 saturated carbocycles. The van der Waals surface area contributed by atoms with E-state index in [2.05, 4.69) is 54.0 Å². The first kappa shape index (κ1) is 18.0. The summed E-state index contributed by atoms with van der Waals surface area (Å²) in [4.78, 5) is 15.2. The summed E-state index contributed by atoms with van der Waals surface area (Å²) >= 11 is 0. The van der Waals surface area contributed by atoms with Crippen molar-refractivity contribution in [1.82, 2.24) is 15.0 Å². The van der Waals surface area contributed by atoms with Crippen LogP contribution in [-0.4, -0.2) is 28.0 Å². The lowest BCUT2D eigenvalue weighted by Gasteiger charge is -2.28. The number of hydrogen-bond donors (Lipinski definition) is 1. The lowest BCUT2D eigenvalue weighted by atomic mass is 9.85. The molecule has 3 rings (SSSR count). The van der Waals surface area contributed by atoms with Crippen LogP contribution < -0.4 is 4.90 Å². The fraction of sp³-hybridized carbons (Fsp3) is 0.619. The second kappa shape index (κ2) is 8.03. The number of aromatic nitrogens is 3. The summed E-state index contributed by atoms with van der Waals surface area (Å²) in [5.41, 5.74) is 3.91. The second-order valence-corrected chi connectivity index (χ2v) is 8.09. The molecule has 0 atom stereocenters. The van der Waals surface area contributed by atoms with Crippen LogP contribution in [0.25, 0.3) is 0 Å². The van der Waals surface area contributed by atoms with Crippen LogP contribution in [0.2, 0.25) is 0 Å². The summed E-state index contributed by atoms with van der Waals surface area (Å²) in [6, 6.07) is 4.40. The van der Waals surface area contributed by atoms with Gasteiger partial charge in [-0.2, -0.15) is 0 Å². The molecule has 4 heteroatoms. The molecule has 25 heavy (non-hydrogen) atoms. The van der Waals surface area contributed by atoms with Crippen molar-refractivity contribution in [3.63, 3.8) is 0 Å². The number of H-pyrrole nitrogens is 1. The number of rotatable bonds is 7. The topological polar surface area (TPSA) is 44.8 Å². The van der Waals surface area contributed by atoms with Gasteiger partial charge < -0.3 is 9.88 Å². The SMILES string of the molecule is CCC(C)(C)Cc1c[nH]c(CCc2ccc(N3CCCCC3)cn2)n1. The molecular weight excluding hydrogens is 308 g/mol. The lowest BCUT2D eigenvalue weighted by molar-refractivity contribution is 0.346. The van der Waals surface area contributed by atoms with Crippen molar-refractivity contribution < 1.29 is 0 Å². The van der Waals surface area contributed by atoms with E-state index >= 15 is 0 Å². The zero-order valence-corrected chi connectivity index (χ0v) is 16.0. The summed E-state index contributed by atoms with van der Waals surface area (Å²) < 4.78 is 0. The van der Waals surface area contributed by atoms with E-state index in [9.17, 15) is 0 Å². The molecule has 1 saturated heterocycles. The minimum atomic E-state index is 0.318. The highest BCUT2D eigenvalue weighted by atomic mass is 15.1. The largest absolute Gasteiger partial charge is 0.370 e. The Morgan fingerprint density at radius 3 is 2.56 bits per heavy atom. The normalized spacial score (nSPS) is 15.6. The Morgan fingerprint density at radius 1 is 1.08 bits per heavy atom. The Balaban J connectivity index is 1.52. The molecule has 3 heterocycles. The maximum Gasteiger partial charge on any atom is 0.106 e. The number of aromatic amines is 1. The molecule has 136 valence electrons. The minimum absolute atomic E-state index is 0.318. The van der Waals surface area contributed by atoms with Crippen LogP contribution in [0, 0.1) is 5.41 Å². The molecule has 1 fully saturated rings. The molecule has 0 amide bonds. The van der Waals surface area contributed by atoms with E-state index in [0.717, 1.165) is 30.8 Å². The van der Waals surface area contributed by atoms with Gasteiger partial charge in [0.1, 0.15) is 5.82 Å². The monoisotopic (exact) mass is 340 g/mol. The summed E-state index contributed by atoms with van der Waals surface area (Å²) in [6.07, 6.45) is 12.1. The fourth-order valence-corrected chi connectivity index (χ4v) is 3.39. The maximum atomic E-state index is 4.76. The van der Waals surface area contributed by atoms with E-state index in [-0.39, 0.29) is 0 Å². The highest BCUT2D eigenvalue weighted by Crippen LogP contribution is 2.24. The summed E-state index contributed by atoms with van der Waals surface area (Å²) in [7, 11) is 0. The summed E-state index contributed by atoms with van der Waals surface area (Å²) in [5.74, 6) is 1.07. The Hall–Kier alpha value is -1.84. The van der Waals surface area contributed by atoms with E-state index in [1.807, 2.05) is 6.20 Å². The predicted molar refractivity (Wildman–Crippen MR) is 104 cm³/mol. The second-order valence-electron chi connectivity index (χ2n) is 8.09. The molecule has 0 aromatic carbocycles. The predicted octanol–water partition coefficient (Wildman–Crippen LogP) is 4.56. The number of aryl methyl sites for hydroxylation is 2. The van der Waals surface area contributed by atoms with Gasteiger partial charge in [0.15, 0.2) is 0 Å². The lowest BCUT2D eigenvalue weighted by Crippen LogP contribution is -2.29.